The summed E-state index contributed by atoms with van der Waals surface area (Å²) in [5.41, 5.74) is 1.85. The lowest BCUT2D eigenvalue weighted by molar-refractivity contribution is -0.274. The number of hydrogen-bond donors (Lipinski definition) is 2. The molecule has 1 atom stereocenters. The molecule has 0 bridgehead atoms. The van der Waals surface area contributed by atoms with Crippen molar-refractivity contribution in [2.75, 3.05) is 30.0 Å². The van der Waals surface area contributed by atoms with Gasteiger partial charge in [0.1, 0.15) is 12.3 Å². The number of anilines is 2. The molecule has 0 aliphatic carbocycles. The van der Waals surface area contributed by atoms with Gasteiger partial charge in [0.25, 0.3) is 0 Å². The Kier molecular flexibility index (Phi) is 5.44. The quantitative estimate of drug-likeness (QED) is 0.768. The number of amides is 3. The molecule has 4 rings (SSSR count). The minimum absolute atomic E-state index is 0.0672. The molecule has 0 spiro atoms. The number of hydrogen-bond acceptors (Lipinski definition) is 5. The lowest BCUT2D eigenvalue weighted by Crippen LogP contribution is -2.51. The van der Waals surface area contributed by atoms with E-state index in [0.29, 0.717) is 30.3 Å². The van der Waals surface area contributed by atoms with Crippen LogP contribution >= 0.6 is 0 Å². The Balaban J connectivity index is 1.55. The average molecular weight is 436 g/mol. The number of carbonyl (C=O) groups excluding carboxylic acids is 2. The summed E-state index contributed by atoms with van der Waals surface area (Å²) in [5.74, 6) is -0.456. The predicted octanol–water partition coefficient (Wildman–Crippen LogP) is 3.14. The molecule has 11 heteroatoms. The van der Waals surface area contributed by atoms with Crippen LogP contribution < -0.4 is 20.3 Å². The fourth-order valence-electron chi connectivity index (χ4n) is 3.45. The molecule has 0 saturated carbocycles. The third kappa shape index (κ3) is 4.71. The van der Waals surface area contributed by atoms with E-state index in [2.05, 4.69) is 20.4 Å². The molecule has 2 aliphatic rings. The van der Waals surface area contributed by atoms with Gasteiger partial charge in [-0.3, -0.25) is 9.69 Å². The predicted molar refractivity (Wildman–Crippen MR) is 104 cm³/mol. The topological polar surface area (TPSA) is 92.8 Å². The lowest BCUT2D eigenvalue weighted by atomic mass is 9.91. The number of nitrogens with one attached hydrogen (secondary N) is 2. The molecule has 2 aliphatic heterocycles. The van der Waals surface area contributed by atoms with Gasteiger partial charge in [0, 0.05) is 12.1 Å². The second-order valence-electron chi connectivity index (χ2n) is 7.36. The van der Waals surface area contributed by atoms with E-state index in [-0.39, 0.29) is 24.1 Å². The maximum atomic E-state index is 13.1. The number of nitrogens with zero attached hydrogens (tertiary/aromatic N) is 2. The second-order valence-corrected chi connectivity index (χ2v) is 7.36. The lowest BCUT2D eigenvalue weighted by Gasteiger charge is -2.36. The maximum absolute atomic E-state index is 13.1. The van der Waals surface area contributed by atoms with Gasteiger partial charge in [0.05, 0.1) is 24.9 Å². The number of aromatic nitrogens is 1. The van der Waals surface area contributed by atoms with E-state index >= 15 is 0 Å². The van der Waals surface area contributed by atoms with Gasteiger partial charge in [0.15, 0.2) is 5.82 Å². The van der Waals surface area contributed by atoms with Crippen LogP contribution in [0.3, 0.4) is 0 Å². The molecule has 164 valence electrons. The summed E-state index contributed by atoms with van der Waals surface area (Å²) in [5, 5.41) is 5.56. The van der Waals surface area contributed by atoms with Gasteiger partial charge in [-0.1, -0.05) is 12.1 Å². The first-order chi connectivity index (χ1) is 14.7. The van der Waals surface area contributed by atoms with E-state index in [1.54, 1.807) is 12.3 Å². The smallest absolute Gasteiger partial charge is 0.406 e. The fraction of sp³-hybridized carbons (Fsp3) is 0.350. The zero-order valence-electron chi connectivity index (χ0n) is 16.4. The molecule has 1 aromatic carbocycles. The Labute approximate surface area is 175 Å². The number of benzene rings is 1. The summed E-state index contributed by atoms with van der Waals surface area (Å²) in [7, 11) is 0. The van der Waals surface area contributed by atoms with E-state index in [4.69, 9.17) is 4.74 Å². The molecule has 1 saturated heterocycles. The first-order valence-corrected chi connectivity index (χ1v) is 9.47. The monoisotopic (exact) mass is 436 g/mol. The van der Waals surface area contributed by atoms with Crippen molar-refractivity contribution in [3.05, 3.63) is 47.7 Å². The highest BCUT2D eigenvalue weighted by atomic mass is 19.4. The largest absolute Gasteiger partial charge is 0.573 e. The van der Waals surface area contributed by atoms with Gasteiger partial charge in [-0.05, 0) is 36.2 Å². The van der Waals surface area contributed by atoms with E-state index in [1.165, 1.54) is 29.2 Å². The number of aryl methyl sites for hydroxylation is 1. The third-order valence-electron chi connectivity index (χ3n) is 4.97. The van der Waals surface area contributed by atoms with Crippen molar-refractivity contribution in [1.29, 1.82) is 0 Å². The van der Waals surface area contributed by atoms with Crippen molar-refractivity contribution in [2.45, 2.75) is 19.3 Å². The Hall–Kier alpha value is -3.34. The normalized spacial score (nSPS) is 17.3. The van der Waals surface area contributed by atoms with Gasteiger partial charge in [-0.15, -0.1) is 13.2 Å². The summed E-state index contributed by atoms with van der Waals surface area (Å²) < 4.78 is 46.4. The first-order valence-electron chi connectivity index (χ1n) is 9.47. The van der Waals surface area contributed by atoms with Crippen LogP contribution in [0.2, 0.25) is 0 Å². The zero-order chi connectivity index (χ0) is 22.2. The molecular weight excluding hydrogens is 417 g/mol. The van der Waals surface area contributed by atoms with E-state index in [1.807, 2.05) is 6.92 Å². The summed E-state index contributed by atoms with van der Waals surface area (Å²) in [6.07, 6.45) is -3.20. The maximum Gasteiger partial charge on any atom is 0.573 e. The summed E-state index contributed by atoms with van der Waals surface area (Å²) >= 11 is 0. The Morgan fingerprint density at radius 2 is 2.03 bits per heavy atom. The molecule has 1 fully saturated rings. The van der Waals surface area contributed by atoms with Crippen molar-refractivity contribution >= 4 is 23.4 Å². The van der Waals surface area contributed by atoms with Crippen LogP contribution in [0.1, 0.15) is 17.2 Å². The molecule has 8 nitrogen and oxygen atoms in total. The van der Waals surface area contributed by atoms with E-state index in [0.717, 1.165) is 5.56 Å². The molecule has 3 amide bonds. The number of ether oxygens (including phenoxy) is 2. The Bertz CT molecular complexity index is 993. The molecule has 3 heterocycles. The highest BCUT2D eigenvalue weighted by Gasteiger charge is 2.35. The summed E-state index contributed by atoms with van der Waals surface area (Å²) in [4.78, 5) is 30.6. The van der Waals surface area contributed by atoms with Gasteiger partial charge in [-0.2, -0.15) is 0 Å². The molecule has 31 heavy (non-hydrogen) atoms. The van der Waals surface area contributed by atoms with Crippen LogP contribution in [0.25, 0.3) is 0 Å². The molecule has 2 aromatic rings. The van der Waals surface area contributed by atoms with E-state index in [9.17, 15) is 22.8 Å². The molecule has 1 aromatic heterocycles. The minimum atomic E-state index is -4.79. The highest BCUT2D eigenvalue weighted by Crippen LogP contribution is 2.32. The van der Waals surface area contributed by atoms with Gasteiger partial charge >= 0.3 is 12.4 Å². The van der Waals surface area contributed by atoms with Crippen LogP contribution in [0.4, 0.5) is 29.5 Å². The number of rotatable bonds is 4. The average Bonchev–Trinajstić information content (AvgIpc) is 2.64. The number of alkyl halides is 3. The number of pyridine rings is 1. The molecular formula is C20H19F3N4O4. The van der Waals surface area contributed by atoms with Crippen LogP contribution in [0.15, 0.2) is 36.5 Å². The van der Waals surface area contributed by atoms with Crippen LogP contribution in [-0.4, -0.2) is 43.0 Å². The minimum Gasteiger partial charge on any atom is -0.406 e. The molecule has 2 N–H and O–H groups in total. The molecule has 1 unspecified atom stereocenters. The van der Waals surface area contributed by atoms with Crippen molar-refractivity contribution in [1.82, 2.24) is 10.3 Å². The van der Waals surface area contributed by atoms with Crippen molar-refractivity contribution in [2.24, 2.45) is 5.92 Å². The third-order valence-corrected chi connectivity index (χ3v) is 4.97. The zero-order valence-corrected chi connectivity index (χ0v) is 16.4. The van der Waals surface area contributed by atoms with Crippen molar-refractivity contribution in [3.8, 4) is 5.75 Å². The van der Waals surface area contributed by atoms with Gasteiger partial charge in [-0.25, -0.2) is 9.78 Å². The van der Waals surface area contributed by atoms with Gasteiger partial charge < -0.3 is 20.1 Å². The van der Waals surface area contributed by atoms with Crippen LogP contribution in [0.5, 0.6) is 5.75 Å². The van der Waals surface area contributed by atoms with Gasteiger partial charge in [0.2, 0.25) is 5.91 Å². The number of urea groups is 1. The van der Waals surface area contributed by atoms with Crippen LogP contribution in [0, 0.1) is 12.8 Å². The standard InChI is InChI=1S/C20H19F3N4O4/c1-11-6-15-18(24-7-11)27(8-16(28)25-15)19(29)26-17(13-9-30-10-13)12-2-4-14(5-3-12)31-20(21,22)23/h2-7,13,17H,8-10H2,1H3,(H,25,28)(H,26,29). The van der Waals surface area contributed by atoms with Crippen LogP contribution in [-0.2, 0) is 9.53 Å². The SMILES string of the molecule is Cc1cnc2c(c1)NC(=O)CN2C(=O)NC(c1ccc(OC(F)(F)F)cc1)C1COC1. The van der Waals surface area contributed by atoms with Crippen molar-refractivity contribution < 1.29 is 32.2 Å². The molecule has 0 radical (unpaired) electrons. The first kappa shape index (κ1) is 20.9. The van der Waals surface area contributed by atoms with E-state index < -0.39 is 18.4 Å². The Morgan fingerprint density at radius 1 is 1.32 bits per heavy atom. The highest BCUT2D eigenvalue weighted by molar-refractivity contribution is 6.08. The fourth-order valence-corrected chi connectivity index (χ4v) is 3.45. The number of fused-ring (bicyclic) bond motifs is 1. The van der Waals surface area contributed by atoms with Crippen molar-refractivity contribution in [3.63, 3.8) is 0 Å². The number of halogens is 3. The summed E-state index contributed by atoms with van der Waals surface area (Å²) in [6.45, 7) is 2.39. The number of carbonyl (C=O) groups is 2. The summed E-state index contributed by atoms with van der Waals surface area (Å²) in [6, 6.07) is 5.95. The Morgan fingerprint density at radius 3 is 2.65 bits per heavy atom. The second kappa shape index (κ2) is 8.06.